The zero-order chi connectivity index (χ0) is 14.5. The summed E-state index contributed by atoms with van der Waals surface area (Å²) in [6, 6.07) is 0. The number of rotatable bonds is 1. The van der Waals surface area contributed by atoms with Crippen LogP contribution in [-0.4, -0.2) is 17.5 Å². The average Bonchev–Trinajstić information content (AvgIpc) is 2.65. The second-order valence-corrected chi connectivity index (χ2v) is 8.24. The van der Waals surface area contributed by atoms with E-state index in [1.54, 1.807) is 0 Å². The van der Waals surface area contributed by atoms with Gasteiger partial charge in [0.05, 0.1) is 11.7 Å². The van der Waals surface area contributed by atoms with Crippen molar-refractivity contribution in [3.8, 4) is 0 Å². The van der Waals surface area contributed by atoms with E-state index in [1.165, 1.54) is 24.8 Å². The second kappa shape index (κ2) is 4.69. The minimum atomic E-state index is -0.0544. The quantitative estimate of drug-likeness (QED) is 0.714. The van der Waals surface area contributed by atoms with Crippen LogP contribution in [0.3, 0.4) is 0 Å². The van der Waals surface area contributed by atoms with Crippen LogP contribution in [0.4, 0.5) is 0 Å². The van der Waals surface area contributed by atoms with Crippen molar-refractivity contribution in [2.24, 2.45) is 17.3 Å². The Kier molecular flexibility index (Phi) is 3.36. The number of hydrogen-bond acceptors (Lipinski definition) is 2. The molecule has 0 aromatic heterocycles. The van der Waals surface area contributed by atoms with Crippen molar-refractivity contribution in [3.63, 3.8) is 0 Å². The third-order valence-electron chi connectivity index (χ3n) is 5.78. The van der Waals surface area contributed by atoms with E-state index in [4.69, 9.17) is 4.74 Å². The standard InChI is InChI=1S/C18H28O2/c1-17(2,3)20-16-8-7-15-14-6-5-13(19)11-12(14)9-10-18(15,16)4/h11,14-16H,5-10H2,1-4H3/t14?,15-,16+,18?/m0/s1. The van der Waals surface area contributed by atoms with Crippen molar-refractivity contribution in [1.29, 1.82) is 0 Å². The molecule has 0 amide bonds. The van der Waals surface area contributed by atoms with Gasteiger partial charge in [-0.05, 0) is 76.2 Å². The lowest BCUT2D eigenvalue weighted by Gasteiger charge is -2.48. The molecule has 0 saturated heterocycles. The third kappa shape index (κ3) is 2.36. The van der Waals surface area contributed by atoms with Crippen LogP contribution in [0, 0.1) is 17.3 Å². The summed E-state index contributed by atoms with van der Waals surface area (Å²) >= 11 is 0. The Balaban J connectivity index is 1.83. The third-order valence-corrected chi connectivity index (χ3v) is 5.78. The van der Waals surface area contributed by atoms with Gasteiger partial charge in [-0.2, -0.15) is 0 Å². The Bertz CT molecular complexity index is 443. The maximum absolute atomic E-state index is 11.6. The van der Waals surface area contributed by atoms with Gasteiger partial charge < -0.3 is 4.74 Å². The molecule has 0 bridgehead atoms. The summed E-state index contributed by atoms with van der Waals surface area (Å²) < 4.78 is 6.39. The van der Waals surface area contributed by atoms with E-state index in [2.05, 4.69) is 27.7 Å². The molecule has 0 aromatic carbocycles. The predicted molar refractivity (Wildman–Crippen MR) is 80.5 cm³/mol. The summed E-state index contributed by atoms with van der Waals surface area (Å²) in [5, 5.41) is 0. The molecule has 2 heteroatoms. The second-order valence-electron chi connectivity index (χ2n) is 8.24. The van der Waals surface area contributed by atoms with Gasteiger partial charge in [-0.25, -0.2) is 0 Å². The fourth-order valence-corrected chi connectivity index (χ4v) is 4.86. The summed E-state index contributed by atoms with van der Waals surface area (Å²) in [5.41, 5.74) is 1.71. The lowest BCUT2D eigenvalue weighted by Crippen LogP contribution is -2.44. The van der Waals surface area contributed by atoms with Crippen LogP contribution in [0.15, 0.2) is 11.6 Å². The first-order valence-corrected chi connectivity index (χ1v) is 8.21. The average molecular weight is 276 g/mol. The van der Waals surface area contributed by atoms with Crippen LogP contribution in [0.2, 0.25) is 0 Å². The van der Waals surface area contributed by atoms with Gasteiger partial charge in [0.25, 0.3) is 0 Å². The van der Waals surface area contributed by atoms with Gasteiger partial charge in [0.1, 0.15) is 0 Å². The molecule has 2 nitrogen and oxygen atoms in total. The summed E-state index contributed by atoms with van der Waals surface area (Å²) in [6.45, 7) is 8.93. The summed E-state index contributed by atoms with van der Waals surface area (Å²) in [6.07, 6.45) is 8.95. The van der Waals surface area contributed by atoms with Gasteiger partial charge in [-0.3, -0.25) is 4.79 Å². The Morgan fingerprint density at radius 2 is 1.95 bits per heavy atom. The van der Waals surface area contributed by atoms with Crippen LogP contribution in [0.5, 0.6) is 0 Å². The van der Waals surface area contributed by atoms with E-state index < -0.39 is 0 Å². The predicted octanol–water partition coefficient (Wildman–Crippen LogP) is 4.29. The molecule has 3 aliphatic rings. The van der Waals surface area contributed by atoms with E-state index >= 15 is 0 Å². The lowest BCUT2D eigenvalue weighted by atomic mass is 9.59. The Morgan fingerprint density at radius 3 is 2.65 bits per heavy atom. The smallest absolute Gasteiger partial charge is 0.155 e. The normalized spacial score (nSPS) is 41.1. The van der Waals surface area contributed by atoms with Crippen LogP contribution in [-0.2, 0) is 9.53 Å². The van der Waals surface area contributed by atoms with Crippen molar-refractivity contribution in [3.05, 3.63) is 11.6 Å². The molecule has 3 rings (SSSR count). The summed E-state index contributed by atoms with van der Waals surface area (Å²) in [5.74, 6) is 1.73. The zero-order valence-electron chi connectivity index (χ0n) is 13.4. The molecule has 4 atom stereocenters. The molecular formula is C18H28O2. The lowest BCUT2D eigenvalue weighted by molar-refractivity contribution is -0.121. The van der Waals surface area contributed by atoms with E-state index in [-0.39, 0.29) is 5.60 Å². The van der Waals surface area contributed by atoms with E-state index in [1.807, 2.05) is 6.08 Å². The van der Waals surface area contributed by atoms with Crippen molar-refractivity contribution in [2.75, 3.05) is 0 Å². The van der Waals surface area contributed by atoms with E-state index in [0.29, 0.717) is 23.2 Å². The molecule has 112 valence electrons. The molecule has 0 radical (unpaired) electrons. The van der Waals surface area contributed by atoms with Crippen LogP contribution in [0.1, 0.15) is 66.2 Å². The fourth-order valence-electron chi connectivity index (χ4n) is 4.86. The first-order valence-electron chi connectivity index (χ1n) is 8.21. The van der Waals surface area contributed by atoms with Gasteiger partial charge in [0.2, 0.25) is 0 Å². The van der Waals surface area contributed by atoms with Gasteiger partial charge in [-0.1, -0.05) is 12.5 Å². The van der Waals surface area contributed by atoms with Crippen molar-refractivity contribution in [2.45, 2.75) is 77.9 Å². The first kappa shape index (κ1) is 14.3. The largest absolute Gasteiger partial charge is 0.372 e. The molecule has 3 aliphatic carbocycles. The molecule has 0 aliphatic heterocycles. The summed E-state index contributed by atoms with van der Waals surface area (Å²) in [4.78, 5) is 11.6. The summed E-state index contributed by atoms with van der Waals surface area (Å²) in [7, 11) is 0. The van der Waals surface area contributed by atoms with Crippen LogP contribution in [0.25, 0.3) is 0 Å². The maximum atomic E-state index is 11.6. The highest BCUT2D eigenvalue weighted by Gasteiger charge is 2.54. The molecule has 2 unspecified atom stereocenters. The van der Waals surface area contributed by atoms with Gasteiger partial charge in [0, 0.05) is 6.42 Å². The van der Waals surface area contributed by atoms with E-state index in [9.17, 15) is 4.79 Å². The molecule has 2 saturated carbocycles. The molecule has 0 N–H and O–H groups in total. The molecule has 0 heterocycles. The molecule has 20 heavy (non-hydrogen) atoms. The van der Waals surface area contributed by atoms with Crippen molar-refractivity contribution < 1.29 is 9.53 Å². The number of hydrogen-bond donors (Lipinski definition) is 0. The Morgan fingerprint density at radius 1 is 1.20 bits per heavy atom. The van der Waals surface area contributed by atoms with Crippen LogP contribution >= 0.6 is 0 Å². The minimum Gasteiger partial charge on any atom is -0.372 e. The maximum Gasteiger partial charge on any atom is 0.155 e. The van der Waals surface area contributed by atoms with Crippen molar-refractivity contribution >= 4 is 5.78 Å². The topological polar surface area (TPSA) is 26.3 Å². The highest BCUT2D eigenvalue weighted by molar-refractivity contribution is 5.91. The van der Waals surface area contributed by atoms with Gasteiger partial charge >= 0.3 is 0 Å². The molecule has 0 aromatic rings. The van der Waals surface area contributed by atoms with E-state index in [0.717, 1.165) is 25.2 Å². The number of allylic oxidation sites excluding steroid dienone is 2. The number of carbonyl (C=O) groups is 1. The van der Waals surface area contributed by atoms with Crippen molar-refractivity contribution in [1.82, 2.24) is 0 Å². The van der Waals surface area contributed by atoms with Gasteiger partial charge in [0.15, 0.2) is 5.78 Å². The number of fused-ring (bicyclic) bond motifs is 3. The number of ketones is 1. The van der Waals surface area contributed by atoms with Gasteiger partial charge in [-0.15, -0.1) is 0 Å². The molecule has 2 fully saturated rings. The SMILES string of the molecule is CC(C)(C)O[C@@H]1CC[C@H]2C3CCC(=O)C=C3CCC12C. The fraction of sp³-hybridized carbons (Fsp3) is 0.833. The molecule has 0 spiro atoms. The number of carbonyl (C=O) groups excluding carboxylic acids is 1. The Labute approximate surface area is 123 Å². The monoisotopic (exact) mass is 276 g/mol. The van der Waals surface area contributed by atoms with Crippen LogP contribution < -0.4 is 0 Å². The zero-order valence-corrected chi connectivity index (χ0v) is 13.4. The first-order chi connectivity index (χ1) is 9.29. The highest BCUT2D eigenvalue weighted by Crippen LogP contribution is 2.59. The molecular weight excluding hydrogens is 248 g/mol. The highest BCUT2D eigenvalue weighted by atomic mass is 16.5. The number of ether oxygens (including phenoxy) is 1. The Hall–Kier alpha value is -0.630. The minimum absolute atomic E-state index is 0.0544.